The first kappa shape index (κ1) is 10.2. The van der Waals surface area contributed by atoms with Crippen molar-refractivity contribution in [2.75, 3.05) is 32.7 Å². The van der Waals surface area contributed by atoms with Crippen LogP contribution in [0.3, 0.4) is 0 Å². The fraction of sp³-hybridized carbons (Fsp3) is 0.833. The van der Waals surface area contributed by atoms with Gasteiger partial charge in [-0.15, -0.1) is 0 Å². The van der Waals surface area contributed by atoms with Gasteiger partial charge in [0.15, 0.2) is 0 Å². The summed E-state index contributed by atoms with van der Waals surface area (Å²) in [5.41, 5.74) is 1.48. The van der Waals surface area contributed by atoms with Crippen LogP contribution in [0.1, 0.15) is 25.7 Å². The van der Waals surface area contributed by atoms with Crippen molar-refractivity contribution in [3.8, 4) is 0 Å². The van der Waals surface area contributed by atoms with E-state index in [0.717, 1.165) is 5.92 Å². The van der Waals surface area contributed by atoms with Crippen molar-refractivity contribution < 1.29 is 0 Å². The molecule has 2 nitrogen and oxygen atoms in total. The van der Waals surface area contributed by atoms with E-state index in [1.807, 2.05) is 0 Å². The Morgan fingerprint density at radius 1 is 1.36 bits per heavy atom. The Hall–Kier alpha value is -0.340. The third-order valence-electron chi connectivity index (χ3n) is 3.45. The molecule has 1 aliphatic heterocycles. The third kappa shape index (κ3) is 2.82. The van der Waals surface area contributed by atoms with Gasteiger partial charge in [0.2, 0.25) is 0 Å². The Morgan fingerprint density at radius 3 is 2.86 bits per heavy atom. The molecule has 0 spiro atoms. The monoisotopic (exact) mass is 194 g/mol. The summed E-state index contributed by atoms with van der Waals surface area (Å²) in [6.45, 7) is 10.3. The zero-order chi connectivity index (χ0) is 9.80. The highest BCUT2D eigenvalue weighted by atomic mass is 15.2. The first-order chi connectivity index (χ1) is 6.84. The van der Waals surface area contributed by atoms with Crippen LogP contribution in [-0.2, 0) is 0 Å². The van der Waals surface area contributed by atoms with Gasteiger partial charge in [0.25, 0.3) is 0 Å². The van der Waals surface area contributed by atoms with E-state index in [9.17, 15) is 0 Å². The number of nitrogens with one attached hydrogen (secondary N) is 1. The normalized spacial score (nSPS) is 30.6. The summed E-state index contributed by atoms with van der Waals surface area (Å²) >= 11 is 0. The van der Waals surface area contributed by atoms with Gasteiger partial charge in [0.1, 0.15) is 0 Å². The zero-order valence-electron chi connectivity index (χ0n) is 9.10. The molecule has 1 unspecified atom stereocenters. The lowest BCUT2D eigenvalue weighted by atomic mass is 9.86. The maximum Gasteiger partial charge on any atom is 0.0107 e. The highest BCUT2D eigenvalue weighted by molar-refractivity contribution is 4.99. The van der Waals surface area contributed by atoms with Crippen LogP contribution < -0.4 is 5.32 Å². The van der Waals surface area contributed by atoms with E-state index >= 15 is 0 Å². The highest BCUT2D eigenvalue weighted by Gasteiger charge is 2.19. The minimum atomic E-state index is 0.898. The molecular weight excluding hydrogens is 172 g/mol. The van der Waals surface area contributed by atoms with E-state index in [2.05, 4.69) is 16.8 Å². The predicted molar refractivity (Wildman–Crippen MR) is 60.4 cm³/mol. The number of piperazine rings is 1. The van der Waals surface area contributed by atoms with Crippen molar-refractivity contribution in [1.29, 1.82) is 0 Å². The average Bonchev–Trinajstić information content (AvgIpc) is 2.19. The van der Waals surface area contributed by atoms with Crippen LogP contribution in [0.2, 0.25) is 0 Å². The average molecular weight is 194 g/mol. The Balaban J connectivity index is 1.75. The third-order valence-corrected chi connectivity index (χ3v) is 3.45. The van der Waals surface area contributed by atoms with Gasteiger partial charge >= 0.3 is 0 Å². The van der Waals surface area contributed by atoms with Crippen LogP contribution in [0, 0.1) is 5.92 Å². The predicted octanol–water partition coefficient (Wildman–Crippen LogP) is 1.64. The van der Waals surface area contributed by atoms with Gasteiger partial charge in [-0.05, 0) is 31.6 Å². The molecule has 0 aromatic carbocycles. The molecular formula is C12H22N2. The fourth-order valence-corrected chi connectivity index (χ4v) is 2.67. The first-order valence-electron chi connectivity index (χ1n) is 5.94. The minimum absolute atomic E-state index is 0.898. The Kier molecular flexibility index (Phi) is 3.60. The number of nitrogens with zero attached hydrogens (tertiary/aromatic N) is 1. The van der Waals surface area contributed by atoms with Crippen LogP contribution in [0.15, 0.2) is 12.2 Å². The number of rotatable bonds is 2. The largest absolute Gasteiger partial charge is 0.314 e. The first-order valence-corrected chi connectivity index (χ1v) is 5.94. The molecule has 1 heterocycles. The smallest absolute Gasteiger partial charge is 0.0107 e. The molecule has 80 valence electrons. The fourth-order valence-electron chi connectivity index (χ4n) is 2.67. The van der Waals surface area contributed by atoms with Crippen molar-refractivity contribution in [2.24, 2.45) is 5.92 Å². The van der Waals surface area contributed by atoms with Gasteiger partial charge in [0, 0.05) is 32.7 Å². The minimum Gasteiger partial charge on any atom is -0.314 e. The van der Waals surface area contributed by atoms with Crippen LogP contribution in [0.25, 0.3) is 0 Å². The summed E-state index contributed by atoms with van der Waals surface area (Å²) < 4.78 is 0. The molecule has 1 saturated carbocycles. The van der Waals surface area contributed by atoms with Gasteiger partial charge < -0.3 is 10.2 Å². The Bertz CT molecular complexity index is 194. The summed E-state index contributed by atoms with van der Waals surface area (Å²) in [5.74, 6) is 0.898. The summed E-state index contributed by atoms with van der Waals surface area (Å²) in [7, 11) is 0. The lowest BCUT2D eigenvalue weighted by Gasteiger charge is -2.33. The van der Waals surface area contributed by atoms with Gasteiger partial charge in [-0.1, -0.05) is 12.2 Å². The van der Waals surface area contributed by atoms with E-state index in [0.29, 0.717) is 0 Å². The number of allylic oxidation sites excluding steroid dienone is 1. The molecule has 1 atom stereocenters. The van der Waals surface area contributed by atoms with Crippen molar-refractivity contribution in [3.05, 3.63) is 12.2 Å². The second-order valence-electron chi connectivity index (χ2n) is 4.76. The molecule has 2 heteroatoms. The lowest BCUT2D eigenvalue weighted by Crippen LogP contribution is -2.45. The van der Waals surface area contributed by atoms with Crippen molar-refractivity contribution in [1.82, 2.24) is 10.2 Å². The van der Waals surface area contributed by atoms with Crippen LogP contribution in [0.4, 0.5) is 0 Å². The van der Waals surface area contributed by atoms with Gasteiger partial charge in [-0.3, -0.25) is 0 Å². The zero-order valence-corrected chi connectivity index (χ0v) is 9.10. The molecule has 0 aromatic rings. The quantitative estimate of drug-likeness (QED) is 0.672. The molecule has 0 amide bonds. The molecule has 1 N–H and O–H groups in total. The molecule has 1 saturated heterocycles. The number of hydrogen-bond acceptors (Lipinski definition) is 2. The molecule has 14 heavy (non-hydrogen) atoms. The lowest BCUT2D eigenvalue weighted by molar-refractivity contribution is 0.193. The maximum atomic E-state index is 4.13. The van der Waals surface area contributed by atoms with E-state index in [-0.39, 0.29) is 0 Å². The molecule has 0 radical (unpaired) electrons. The topological polar surface area (TPSA) is 15.3 Å². The highest BCUT2D eigenvalue weighted by Crippen LogP contribution is 2.27. The molecule has 2 rings (SSSR count). The molecule has 1 aliphatic carbocycles. The Morgan fingerprint density at radius 2 is 2.14 bits per heavy atom. The van der Waals surface area contributed by atoms with Crippen LogP contribution in [-0.4, -0.2) is 37.6 Å². The van der Waals surface area contributed by atoms with Crippen LogP contribution >= 0.6 is 0 Å². The second kappa shape index (κ2) is 4.94. The molecule has 0 aromatic heterocycles. The van der Waals surface area contributed by atoms with E-state index < -0.39 is 0 Å². The summed E-state index contributed by atoms with van der Waals surface area (Å²) in [6, 6.07) is 0. The summed E-state index contributed by atoms with van der Waals surface area (Å²) in [6.07, 6.45) is 5.35. The van der Waals surface area contributed by atoms with E-state index in [1.165, 1.54) is 64.0 Å². The van der Waals surface area contributed by atoms with Crippen LogP contribution in [0.5, 0.6) is 0 Å². The molecule has 0 bridgehead atoms. The van der Waals surface area contributed by atoms with Crippen molar-refractivity contribution in [3.63, 3.8) is 0 Å². The van der Waals surface area contributed by atoms with Crippen molar-refractivity contribution >= 4 is 0 Å². The van der Waals surface area contributed by atoms with E-state index in [1.54, 1.807) is 0 Å². The molecule has 2 fully saturated rings. The Labute approximate surface area is 87.4 Å². The van der Waals surface area contributed by atoms with Gasteiger partial charge in [-0.25, -0.2) is 0 Å². The second-order valence-corrected chi connectivity index (χ2v) is 4.76. The van der Waals surface area contributed by atoms with E-state index in [4.69, 9.17) is 0 Å². The van der Waals surface area contributed by atoms with Gasteiger partial charge in [0.05, 0.1) is 0 Å². The summed E-state index contributed by atoms with van der Waals surface area (Å²) in [4.78, 5) is 2.61. The number of hydrogen-bond donors (Lipinski definition) is 1. The molecule has 2 aliphatic rings. The SMILES string of the molecule is C=C1CCCC(CN2CCNCC2)C1. The standard InChI is InChI=1S/C12H22N2/c1-11-3-2-4-12(9-11)10-14-7-5-13-6-8-14/h12-13H,1-10H2. The summed E-state index contributed by atoms with van der Waals surface area (Å²) in [5, 5.41) is 3.40. The van der Waals surface area contributed by atoms with Crippen molar-refractivity contribution in [2.45, 2.75) is 25.7 Å². The van der Waals surface area contributed by atoms with Gasteiger partial charge in [-0.2, -0.15) is 0 Å². The maximum absolute atomic E-state index is 4.13.